The number of halogens is 1. The number of hydrogen-bond donors (Lipinski definition) is 2. The Morgan fingerprint density at radius 2 is 2.00 bits per heavy atom. The third kappa shape index (κ3) is 5.04. The second-order valence-corrected chi connectivity index (χ2v) is 5.51. The minimum atomic E-state index is 0.276. The molecule has 21 heavy (non-hydrogen) atoms. The lowest BCUT2D eigenvalue weighted by Crippen LogP contribution is -2.13. The molecule has 3 N–H and O–H groups in total. The van der Waals surface area contributed by atoms with Crippen LogP contribution in [0.4, 0.5) is 5.95 Å². The quantitative estimate of drug-likeness (QED) is 0.460. The monoisotopic (exact) mass is 325 g/mol. The molecule has 1 aromatic carbocycles. The summed E-state index contributed by atoms with van der Waals surface area (Å²) < 4.78 is 5.42. The van der Waals surface area contributed by atoms with Gasteiger partial charge in [-0.1, -0.05) is 42.4 Å². The number of nitrogen functional groups attached to an aromatic ring is 1. The Labute approximate surface area is 132 Å². The van der Waals surface area contributed by atoms with Crippen LogP contribution in [0.3, 0.4) is 0 Å². The Morgan fingerprint density at radius 3 is 2.67 bits per heavy atom. The maximum Gasteiger partial charge on any atom is 0.322 e. The summed E-state index contributed by atoms with van der Waals surface area (Å²) in [5, 5.41) is 1.27. The topological polar surface area (TPSA) is 86.0 Å². The van der Waals surface area contributed by atoms with Gasteiger partial charge in [-0.3, -0.25) is 5.43 Å². The lowest BCUT2D eigenvalue weighted by molar-refractivity contribution is 0.288. The first kappa shape index (κ1) is 15.8. The molecule has 1 heterocycles. The fourth-order valence-corrected chi connectivity index (χ4v) is 2.36. The van der Waals surface area contributed by atoms with Gasteiger partial charge in [-0.05, 0) is 24.1 Å². The highest BCUT2D eigenvalue weighted by Crippen LogP contribution is 2.22. The van der Waals surface area contributed by atoms with Crippen molar-refractivity contribution in [3.63, 3.8) is 0 Å². The van der Waals surface area contributed by atoms with Crippen molar-refractivity contribution < 1.29 is 4.74 Å². The number of thioether (sulfide) groups is 1. The number of nitrogens with zero attached hydrogens (tertiary/aromatic N) is 3. The Hall–Kier alpha value is -1.57. The molecular formula is C13H16ClN5OS. The van der Waals surface area contributed by atoms with E-state index in [9.17, 15) is 0 Å². The van der Waals surface area contributed by atoms with Gasteiger partial charge < -0.3 is 4.74 Å². The van der Waals surface area contributed by atoms with Gasteiger partial charge in [-0.15, -0.1) is 0 Å². The molecular weight excluding hydrogens is 310 g/mol. The second-order valence-electron chi connectivity index (χ2n) is 4.13. The average Bonchev–Trinajstić information content (AvgIpc) is 2.52. The van der Waals surface area contributed by atoms with E-state index in [1.807, 2.05) is 31.2 Å². The van der Waals surface area contributed by atoms with Crippen LogP contribution in [0, 0.1) is 0 Å². The third-order valence-corrected chi connectivity index (χ3v) is 3.61. The van der Waals surface area contributed by atoms with Crippen molar-refractivity contribution in [2.24, 2.45) is 5.84 Å². The van der Waals surface area contributed by atoms with Gasteiger partial charge in [-0.25, -0.2) is 5.84 Å². The molecule has 0 spiro atoms. The molecule has 0 atom stereocenters. The van der Waals surface area contributed by atoms with Crippen molar-refractivity contribution in [3.05, 3.63) is 34.9 Å². The van der Waals surface area contributed by atoms with Crippen LogP contribution in [-0.4, -0.2) is 21.6 Å². The molecule has 1 aromatic heterocycles. The zero-order chi connectivity index (χ0) is 15.1. The number of benzene rings is 1. The normalized spacial score (nSPS) is 10.4. The van der Waals surface area contributed by atoms with Crippen LogP contribution in [0.5, 0.6) is 6.01 Å². The summed E-state index contributed by atoms with van der Waals surface area (Å²) in [6, 6.07) is 7.92. The van der Waals surface area contributed by atoms with E-state index in [2.05, 4.69) is 20.4 Å². The molecule has 6 nitrogen and oxygen atoms in total. The number of nitrogens with one attached hydrogen (secondary N) is 1. The first-order chi connectivity index (χ1) is 10.2. The van der Waals surface area contributed by atoms with Crippen molar-refractivity contribution in [3.8, 4) is 6.01 Å². The van der Waals surface area contributed by atoms with E-state index < -0.39 is 0 Å². The zero-order valence-corrected chi connectivity index (χ0v) is 13.1. The average molecular weight is 326 g/mol. The standard InChI is InChI=1S/C13H16ClN5OS/c1-2-7-20-12-16-11(19-15)17-13(18-12)21-8-9-3-5-10(14)6-4-9/h3-6H,2,7-8,15H2,1H3,(H,16,17,18,19). The van der Waals surface area contributed by atoms with E-state index in [1.54, 1.807) is 0 Å². The number of hydrogen-bond acceptors (Lipinski definition) is 7. The van der Waals surface area contributed by atoms with E-state index in [4.69, 9.17) is 22.2 Å². The summed E-state index contributed by atoms with van der Waals surface area (Å²) in [5.74, 6) is 6.37. The molecule has 2 aromatic rings. The largest absolute Gasteiger partial charge is 0.463 e. The lowest BCUT2D eigenvalue weighted by Gasteiger charge is -2.07. The van der Waals surface area contributed by atoms with Gasteiger partial charge in [0.2, 0.25) is 5.95 Å². The maximum atomic E-state index is 5.86. The van der Waals surface area contributed by atoms with E-state index in [0.717, 1.165) is 17.7 Å². The van der Waals surface area contributed by atoms with E-state index in [1.165, 1.54) is 11.8 Å². The predicted molar refractivity (Wildman–Crippen MR) is 84.4 cm³/mol. The molecule has 2 rings (SSSR count). The smallest absolute Gasteiger partial charge is 0.322 e. The van der Waals surface area contributed by atoms with Crippen LogP contribution in [0.1, 0.15) is 18.9 Å². The van der Waals surface area contributed by atoms with Gasteiger partial charge in [0, 0.05) is 10.8 Å². The molecule has 0 saturated heterocycles. The maximum absolute atomic E-state index is 5.86. The summed E-state index contributed by atoms with van der Waals surface area (Å²) >= 11 is 7.33. The first-order valence-corrected chi connectivity index (χ1v) is 7.80. The molecule has 0 radical (unpaired) electrons. The lowest BCUT2D eigenvalue weighted by atomic mass is 10.2. The van der Waals surface area contributed by atoms with Crippen LogP contribution in [-0.2, 0) is 5.75 Å². The highest BCUT2D eigenvalue weighted by Gasteiger charge is 2.07. The Morgan fingerprint density at radius 1 is 1.24 bits per heavy atom. The SMILES string of the molecule is CCCOc1nc(NN)nc(SCc2ccc(Cl)cc2)n1. The Bertz CT molecular complexity index is 581. The van der Waals surface area contributed by atoms with Crippen LogP contribution >= 0.6 is 23.4 Å². The van der Waals surface area contributed by atoms with Crippen molar-refractivity contribution in [2.45, 2.75) is 24.3 Å². The van der Waals surface area contributed by atoms with Crippen molar-refractivity contribution in [1.29, 1.82) is 0 Å². The fraction of sp³-hybridized carbons (Fsp3) is 0.308. The van der Waals surface area contributed by atoms with E-state index in [0.29, 0.717) is 16.8 Å². The van der Waals surface area contributed by atoms with Crippen LogP contribution < -0.4 is 16.0 Å². The summed E-state index contributed by atoms with van der Waals surface area (Å²) in [6.07, 6.45) is 0.879. The molecule has 0 unspecified atom stereocenters. The van der Waals surface area contributed by atoms with Crippen LogP contribution in [0.15, 0.2) is 29.4 Å². The molecule has 0 bridgehead atoms. The van der Waals surface area contributed by atoms with Gasteiger partial charge in [0.25, 0.3) is 0 Å². The molecule has 0 aliphatic carbocycles. The number of ether oxygens (including phenoxy) is 1. The summed E-state index contributed by atoms with van der Waals surface area (Å²) in [5.41, 5.74) is 3.54. The minimum Gasteiger partial charge on any atom is -0.463 e. The number of nitrogens with two attached hydrogens (primary N) is 1. The Kier molecular flexibility index (Phi) is 6.04. The molecule has 0 fully saturated rings. The van der Waals surface area contributed by atoms with Crippen molar-refractivity contribution >= 4 is 29.3 Å². The van der Waals surface area contributed by atoms with Crippen LogP contribution in [0.2, 0.25) is 5.02 Å². The van der Waals surface area contributed by atoms with E-state index in [-0.39, 0.29) is 12.0 Å². The van der Waals surface area contributed by atoms with Crippen LogP contribution in [0.25, 0.3) is 0 Å². The fourth-order valence-electron chi connectivity index (χ4n) is 1.45. The molecule has 0 aliphatic rings. The highest BCUT2D eigenvalue weighted by atomic mass is 35.5. The summed E-state index contributed by atoms with van der Waals surface area (Å²) in [4.78, 5) is 12.5. The second kappa shape index (κ2) is 8.02. The Balaban J connectivity index is 2.05. The van der Waals surface area contributed by atoms with Crippen molar-refractivity contribution in [1.82, 2.24) is 15.0 Å². The number of hydrazine groups is 1. The number of rotatable bonds is 7. The number of aromatic nitrogens is 3. The predicted octanol–water partition coefficient (Wildman–Crippen LogP) is 2.89. The minimum absolute atomic E-state index is 0.276. The molecule has 0 amide bonds. The molecule has 0 saturated carbocycles. The summed E-state index contributed by atoms with van der Waals surface area (Å²) in [7, 11) is 0. The van der Waals surface area contributed by atoms with Gasteiger partial charge >= 0.3 is 6.01 Å². The van der Waals surface area contributed by atoms with E-state index >= 15 is 0 Å². The molecule has 112 valence electrons. The van der Waals surface area contributed by atoms with Gasteiger partial charge in [-0.2, -0.15) is 15.0 Å². The van der Waals surface area contributed by atoms with Gasteiger partial charge in [0.15, 0.2) is 5.16 Å². The zero-order valence-electron chi connectivity index (χ0n) is 11.5. The molecule has 0 aliphatic heterocycles. The summed E-state index contributed by atoms with van der Waals surface area (Å²) in [6.45, 7) is 2.56. The third-order valence-electron chi connectivity index (χ3n) is 2.44. The highest BCUT2D eigenvalue weighted by molar-refractivity contribution is 7.98. The van der Waals surface area contributed by atoms with Gasteiger partial charge in [0.05, 0.1) is 6.61 Å². The number of anilines is 1. The van der Waals surface area contributed by atoms with Gasteiger partial charge in [0.1, 0.15) is 0 Å². The first-order valence-electron chi connectivity index (χ1n) is 6.44. The molecule has 8 heteroatoms. The van der Waals surface area contributed by atoms with Crippen molar-refractivity contribution in [2.75, 3.05) is 12.0 Å².